The second kappa shape index (κ2) is 4.19. The molecular formula is C14H14N2O2. The molecule has 0 fully saturated rings. The highest BCUT2D eigenvalue weighted by Crippen LogP contribution is 2.27. The van der Waals surface area contributed by atoms with Crippen LogP contribution in [0.2, 0.25) is 0 Å². The predicted octanol–water partition coefficient (Wildman–Crippen LogP) is 2.04. The fourth-order valence-electron chi connectivity index (χ4n) is 2.29. The molecule has 0 aliphatic rings. The van der Waals surface area contributed by atoms with Crippen LogP contribution in [-0.2, 0) is 7.05 Å². The highest BCUT2D eigenvalue weighted by atomic mass is 16.5. The third-order valence-corrected chi connectivity index (χ3v) is 3.25. The molecule has 0 aliphatic heterocycles. The number of methoxy groups -OCH3 is 1. The van der Waals surface area contributed by atoms with Crippen LogP contribution in [0.4, 0.5) is 0 Å². The summed E-state index contributed by atoms with van der Waals surface area (Å²) in [6.45, 7) is 3.72. The number of hydrogen-bond acceptors (Lipinski definition) is 3. The molecule has 18 heavy (non-hydrogen) atoms. The lowest BCUT2D eigenvalue weighted by atomic mass is 10.0. The molecule has 0 amide bonds. The first-order valence-electron chi connectivity index (χ1n) is 5.59. The Kier molecular flexibility index (Phi) is 2.84. The molecule has 2 aromatic rings. The van der Waals surface area contributed by atoms with E-state index in [9.17, 15) is 4.79 Å². The summed E-state index contributed by atoms with van der Waals surface area (Å²) in [5.41, 5.74) is 2.44. The van der Waals surface area contributed by atoms with Crippen LogP contribution in [0.1, 0.15) is 16.7 Å². The summed E-state index contributed by atoms with van der Waals surface area (Å²) < 4.78 is 6.75. The number of nitriles is 1. The van der Waals surface area contributed by atoms with Crippen molar-refractivity contribution in [3.63, 3.8) is 0 Å². The average molecular weight is 242 g/mol. The minimum Gasteiger partial charge on any atom is -0.497 e. The molecule has 1 aromatic heterocycles. The fraction of sp³-hybridized carbons (Fsp3) is 0.286. The normalized spacial score (nSPS) is 10.4. The molecule has 0 spiro atoms. The Morgan fingerprint density at radius 1 is 1.33 bits per heavy atom. The van der Waals surface area contributed by atoms with E-state index in [4.69, 9.17) is 10.00 Å². The van der Waals surface area contributed by atoms with E-state index in [1.807, 2.05) is 25.1 Å². The van der Waals surface area contributed by atoms with Gasteiger partial charge in [0, 0.05) is 12.4 Å². The second-order valence-electron chi connectivity index (χ2n) is 4.32. The molecule has 2 rings (SSSR count). The van der Waals surface area contributed by atoms with Crippen LogP contribution >= 0.6 is 0 Å². The molecule has 0 atom stereocenters. The summed E-state index contributed by atoms with van der Waals surface area (Å²) in [5, 5.41) is 9.96. The maximum absolute atomic E-state index is 12.1. The van der Waals surface area contributed by atoms with Crippen molar-refractivity contribution < 1.29 is 4.74 Å². The maximum atomic E-state index is 12.1. The lowest BCUT2D eigenvalue weighted by molar-refractivity contribution is 0.415. The molecule has 0 radical (unpaired) electrons. The summed E-state index contributed by atoms with van der Waals surface area (Å²) in [4.78, 5) is 12.1. The number of nitrogens with zero attached hydrogens (tertiary/aromatic N) is 2. The van der Waals surface area contributed by atoms with E-state index in [2.05, 4.69) is 0 Å². The summed E-state index contributed by atoms with van der Waals surface area (Å²) in [6, 6.07) is 5.72. The predicted molar refractivity (Wildman–Crippen MR) is 69.9 cm³/mol. The van der Waals surface area contributed by atoms with Gasteiger partial charge in [0.15, 0.2) is 0 Å². The molecular weight excluding hydrogens is 228 g/mol. The Morgan fingerprint density at radius 2 is 2.00 bits per heavy atom. The first-order chi connectivity index (χ1) is 8.51. The summed E-state index contributed by atoms with van der Waals surface area (Å²) in [5.74, 6) is 0.727. The van der Waals surface area contributed by atoms with Crippen LogP contribution in [0.25, 0.3) is 10.9 Å². The van der Waals surface area contributed by atoms with Crippen molar-refractivity contribution in [2.45, 2.75) is 13.8 Å². The number of fused-ring (bicyclic) bond motifs is 1. The van der Waals surface area contributed by atoms with Crippen LogP contribution in [-0.4, -0.2) is 11.7 Å². The third-order valence-electron chi connectivity index (χ3n) is 3.25. The minimum atomic E-state index is -0.254. The zero-order valence-corrected chi connectivity index (χ0v) is 10.9. The largest absolute Gasteiger partial charge is 0.497 e. The standard InChI is InChI=1S/C14H14N2O2/c1-8-5-10(18-4)6-11-9(2)12(7-15)14(17)16(3)13(8)11/h5-6H,1-4H3. The van der Waals surface area contributed by atoms with Gasteiger partial charge in [-0.3, -0.25) is 4.79 Å². The quantitative estimate of drug-likeness (QED) is 0.769. The van der Waals surface area contributed by atoms with Gasteiger partial charge in [-0.25, -0.2) is 0 Å². The lowest BCUT2D eigenvalue weighted by Crippen LogP contribution is -2.22. The number of aromatic nitrogens is 1. The van der Waals surface area contributed by atoms with E-state index < -0.39 is 0 Å². The topological polar surface area (TPSA) is 55.0 Å². The Balaban J connectivity index is 3.09. The van der Waals surface area contributed by atoms with Gasteiger partial charge in [0.1, 0.15) is 17.4 Å². The molecule has 4 heteroatoms. The summed E-state index contributed by atoms with van der Waals surface area (Å²) in [6.07, 6.45) is 0. The Bertz CT molecular complexity index is 736. The van der Waals surface area contributed by atoms with E-state index in [1.54, 1.807) is 21.1 Å². The van der Waals surface area contributed by atoms with E-state index in [0.717, 1.165) is 22.2 Å². The zero-order valence-electron chi connectivity index (χ0n) is 10.9. The van der Waals surface area contributed by atoms with Crippen LogP contribution < -0.4 is 10.3 Å². The van der Waals surface area contributed by atoms with Gasteiger partial charge in [0.25, 0.3) is 5.56 Å². The van der Waals surface area contributed by atoms with Gasteiger partial charge in [-0.15, -0.1) is 0 Å². The van der Waals surface area contributed by atoms with Crippen molar-refractivity contribution in [3.8, 4) is 11.8 Å². The SMILES string of the molecule is COc1cc(C)c2c(c1)c(C)c(C#N)c(=O)n2C. The van der Waals surface area contributed by atoms with Crippen LogP contribution in [0, 0.1) is 25.2 Å². The average Bonchev–Trinajstić information content (AvgIpc) is 2.36. The zero-order chi connectivity index (χ0) is 13.4. The molecule has 4 nitrogen and oxygen atoms in total. The van der Waals surface area contributed by atoms with Crippen molar-refractivity contribution in [2.75, 3.05) is 7.11 Å². The van der Waals surface area contributed by atoms with Crippen molar-refractivity contribution >= 4 is 10.9 Å². The Labute approximate surface area is 105 Å². The Morgan fingerprint density at radius 3 is 2.56 bits per heavy atom. The van der Waals surface area contributed by atoms with E-state index in [0.29, 0.717) is 5.56 Å². The van der Waals surface area contributed by atoms with Gasteiger partial charge in [-0.2, -0.15) is 5.26 Å². The molecule has 0 bridgehead atoms. The second-order valence-corrected chi connectivity index (χ2v) is 4.32. The smallest absolute Gasteiger partial charge is 0.268 e. The number of ether oxygens (including phenoxy) is 1. The number of pyridine rings is 1. The number of aryl methyl sites for hydroxylation is 3. The molecule has 1 aromatic carbocycles. The number of benzene rings is 1. The molecule has 0 unspecified atom stereocenters. The first-order valence-corrected chi connectivity index (χ1v) is 5.59. The molecule has 0 N–H and O–H groups in total. The van der Waals surface area contributed by atoms with Crippen molar-refractivity contribution in [1.29, 1.82) is 5.26 Å². The molecule has 0 saturated heterocycles. The highest BCUT2D eigenvalue weighted by molar-refractivity contribution is 5.88. The monoisotopic (exact) mass is 242 g/mol. The van der Waals surface area contributed by atoms with Gasteiger partial charge in [0.2, 0.25) is 0 Å². The van der Waals surface area contributed by atoms with Crippen LogP contribution in [0.5, 0.6) is 5.75 Å². The fourth-order valence-corrected chi connectivity index (χ4v) is 2.29. The van der Waals surface area contributed by atoms with Gasteiger partial charge >= 0.3 is 0 Å². The van der Waals surface area contributed by atoms with Crippen LogP contribution in [0.3, 0.4) is 0 Å². The number of hydrogen-bond donors (Lipinski definition) is 0. The van der Waals surface area contributed by atoms with Crippen molar-refractivity contribution in [3.05, 3.63) is 39.2 Å². The third kappa shape index (κ3) is 1.56. The summed E-state index contributed by atoms with van der Waals surface area (Å²) in [7, 11) is 3.29. The maximum Gasteiger partial charge on any atom is 0.268 e. The van der Waals surface area contributed by atoms with Gasteiger partial charge in [0.05, 0.1) is 12.6 Å². The summed E-state index contributed by atoms with van der Waals surface area (Å²) >= 11 is 0. The highest BCUT2D eigenvalue weighted by Gasteiger charge is 2.14. The number of rotatable bonds is 1. The first kappa shape index (κ1) is 12.2. The molecule has 0 aliphatic carbocycles. The van der Waals surface area contributed by atoms with Crippen LogP contribution in [0.15, 0.2) is 16.9 Å². The molecule has 1 heterocycles. The lowest BCUT2D eigenvalue weighted by Gasteiger charge is -2.13. The van der Waals surface area contributed by atoms with Gasteiger partial charge < -0.3 is 9.30 Å². The molecule has 0 saturated carbocycles. The van der Waals surface area contributed by atoms with Gasteiger partial charge in [-0.1, -0.05) is 0 Å². The molecule has 92 valence electrons. The van der Waals surface area contributed by atoms with Crippen molar-refractivity contribution in [2.24, 2.45) is 7.05 Å². The minimum absolute atomic E-state index is 0.192. The van der Waals surface area contributed by atoms with Crippen molar-refractivity contribution in [1.82, 2.24) is 4.57 Å². The van der Waals surface area contributed by atoms with Gasteiger partial charge in [-0.05, 0) is 37.1 Å². The Hall–Kier alpha value is -2.28. The van der Waals surface area contributed by atoms with E-state index in [-0.39, 0.29) is 11.1 Å². The van der Waals surface area contributed by atoms with E-state index in [1.165, 1.54) is 4.57 Å². The van der Waals surface area contributed by atoms with E-state index >= 15 is 0 Å².